The maximum absolute atomic E-state index is 13.7. The van der Waals surface area contributed by atoms with Gasteiger partial charge in [0.2, 0.25) is 5.91 Å². The number of likely N-dealkylation sites (N-methyl/N-ethyl adjacent to an activating group) is 1. The van der Waals surface area contributed by atoms with Gasteiger partial charge in [-0.05, 0) is 70.4 Å². The molecule has 1 aromatic heterocycles. The maximum atomic E-state index is 13.7. The van der Waals surface area contributed by atoms with Crippen molar-refractivity contribution in [2.75, 3.05) is 38.1 Å². The highest BCUT2D eigenvalue weighted by Crippen LogP contribution is 2.28. The number of aromatic nitrogens is 2. The van der Waals surface area contributed by atoms with Crippen LogP contribution < -0.4 is 10.2 Å². The number of rotatable bonds is 11. The van der Waals surface area contributed by atoms with E-state index in [0.29, 0.717) is 30.2 Å². The van der Waals surface area contributed by atoms with E-state index in [0.717, 1.165) is 5.56 Å². The molecule has 2 aromatic carbocycles. The number of ether oxygens (including phenoxy) is 1. The largest absolute Gasteiger partial charge is 0.444 e. The van der Waals surface area contributed by atoms with Crippen molar-refractivity contribution in [1.82, 2.24) is 30.4 Å². The normalized spacial score (nSPS) is 13.0. The Bertz CT molecular complexity index is 1430. The quantitative estimate of drug-likeness (QED) is 0.345. The number of fused-ring (bicyclic) bond motifs is 1. The van der Waals surface area contributed by atoms with Crippen molar-refractivity contribution in [2.45, 2.75) is 66.3 Å². The molecule has 12 heteroatoms. The molecule has 12 nitrogen and oxygen atoms in total. The number of benzene rings is 2. The number of hydrogen-bond donors (Lipinski definition) is 1. The second kappa shape index (κ2) is 13.9. The van der Waals surface area contributed by atoms with Crippen molar-refractivity contribution in [1.29, 1.82) is 0 Å². The molecule has 1 aliphatic rings. The Morgan fingerprint density at radius 3 is 2.34 bits per heavy atom. The lowest BCUT2D eigenvalue weighted by Gasteiger charge is -2.32. The average Bonchev–Trinajstić information content (AvgIpc) is 3.64. The minimum Gasteiger partial charge on any atom is -0.444 e. The van der Waals surface area contributed by atoms with Crippen LogP contribution in [0.2, 0.25) is 0 Å². The van der Waals surface area contributed by atoms with Crippen LogP contribution in [-0.4, -0.2) is 87.8 Å². The first kappa shape index (κ1) is 32.5. The molecule has 0 aliphatic carbocycles. The standard InChI is InChI=1S/C32H43N7O5/c1-22(2)39(31(42)43-32(4,5)6)15-14-33-28(40)19-37(27-16-24(13-12-23(27)3)30-34-21-35-44-30)20-29(41)36(7)38-17-25-10-8-9-11-26(25)18-38/h8-13,16,21-22H,14-15,17-20H2,1-7H3,(H,33,40). The molecule has 4 rings (SSSR count). The lowest BCUT2D eigenvalue weighted by Crippen LogP contribution is -2.49. The molecule has 3 amide bonds. The van der Waals surface area contributed by atoms with E-state index in [9.17, 15) is 14.4 Å². The summed E-state index contributed by atoms with van der Waals surface area (Å²) in [6.45, 7) is 12.8. The van der Waals surface area contributed by atoms with E-state index in [1.165, 1.54) is 17.5 Å². The molecular formula is C32H43N7O5. The first-order valence-corrected chi connectivity index (χ1v) is 14.8. The Morgan fingerprint density at radius 2 is 1.75 bits per heavy atom. The van der Waals surface area contributed by atoms with Crippen LogP contribution in [0.5, 0.6) is 0 Å². The SMILES string of the molecule is Cc1ccc(-c2ncno2)cc1N(CC(=O)NCCN(C(=O)OC(C)(C)C)C(C)C)CC(=O)N(C)N1Cc2ccccc2C1. The zero-order chi connectivity index (χ0) is 32.0. The van der Waals surface area contributed by atoms with Gasteiger partial charge in [-0.1, -0.05) is 35.5 Å². The third-order valence-electron chi connectivity index (χ3n) is 7.35. The molecule has 0 saturated heterocycles. The number of carbonyl (C=O) groups is 3. The predicted octanol–water partition coefficient (Wildman–Crippen LogP) is 4.00. The van der Waals surface area contributed by atoms with Crippen molar-refractivity contribution < 1.29 is 23.6 Å². The molecule has 0 atom stereocenters. The van der Waals surface area contributed by atoms with E-state index in [-0.39, 0.29) is 44.0 Å². The number of hydrazine groups is 1. The molecule has 0 unspecified atom stereocenters. The fourth-order valence-corrected chi connectivity index (χ4v) is 4.99. The molecule has 2 heterocycles. The predicted molar refractivity (Wildman–Crippen MR) is 166 cm³/mol. The van der Waals surface area contributed by atoms with Crippen LogP contribution in [0.15, 0.2) is 53.3 Å². The summed E-state index contributed by atoms with van der Waals surface area (Å²) in [6.07, 6.45) is 0.888. The number of nitrogens with zero attached hydrogens (tertiary/aromatic N) is 6. The van der Waals surface area contributed by atoms with Gasteiger partial charge in [0, 0.05) is 50.5 Å². The summed E-state index contributed by atoms with van der Waals surface area (Å²) in [4.78, 5) is 47.1. The zero-order valence-corrected chi connectivity index (χ0v) is 26.7. The van der Waals surface area contributed by atoms with Gasteiger partial charge in [-0.3, -0.25) is 14.6 Å². The van der Waals surface area contributed by atoms with Crippen LogP contribution in [0.25, 0.3) is 11.5 Å². The highest BCUT2D eigenvalue weighted by atomic mass is 16.6. The molecule has 0 radical (unpaired) electrons. The van der Waals surface area contributed by atoms with E-state index in [1.54, 1.807) is 21.9 Å². The topological polar surface area (TPSA) is 124 Å². The molecule has 236 valence electrons. The molecule has 0 spiro atoms. The van der Waals surface area contributed by atoms with Crippen molar-refractivity contribution in [3.63, 3.8) is 0 Å². The van der Waals surface area contributed by atoms with Gasteiger partial charge in [-0.25, -0.2) is 9.80 Å². The van der Waals surface area contributed by atoms with Crippen LogP contribution >= 0.6 is 0 Å². The van der Waals surface area contributed by atoms with Crippen LogP contribution in [0.4, 0.5) is 10.5 Å². The molecule has 0 bridgehead atoms. The number of hydrogen-bond acceptors (Lipinski definition) is 9. The van der Waals surface area contributed by atoms with Gasteiger partial charge >= 0.3 is 6.09 Å². The first-order valence-electron chi connectivity index (χ1n) is 14.8. The first-order chi connectivity index (χ1) is 20.8. The second-order valence-electron chi connectivity index (χ2n) is 12.2. The van der Waals surface area contributed by atoms with Gasteiger partial charge in [0.15, 0.2) is 6.33 Å². The van der Waals surface area contributed by atoms with Crippen molar-refractivity contribution >= 4 is 23.6 Å². The Hall–Kier alpha value is -4.45. The summed E-state index contributed by atoms with van der Waals surface area (Å²) in [7, 11) is 1.76. The molecule has 0 saturated carbocycles. The third-order valence-corrected chi connectivity index (χ3v) is 7.35. The highest BCUT2D eigenvalue weighted by Gasteiger charge is 2.28. The molecular weight excluding hydrogens is 562 g/mol. The average molecular weight is 606 g/mol. The summed E-state index contributed by atoms with van der Waals surface area (Å²) in [5, 5.41) is 10.2. The number of aryl methyl sites for hydroxylation is 1. The second-order valence-corrected chi connectivity index (χ2v) is 12.2. The lowest BCUT2D eigenvalue weighted by molar-refractivity contribution is -0.145. The smallest absolute Gasteiger partial charge is 0.410 e. The Balaban J connectivity index is 1.48. The van der Waals surface area contributed by atoms with Gasteiger partial charge < -0.3 is 24.4 Å². The van der Waals surface area contributed by atoms with Gasteiger partial charge in [0.25, 0.3) is 11.8 Å². The number of carbonyl (C=O) groups excluding carboxylic acids is 3. The summed E-state index contributed by atoms with van der Waals surface area (Å²) in [5.41, 5.74) is 4.00. The van der Waals surface area contributed by atoms with Crippen molar-refractivity contribution in [2.24, 2.45) is 0 Å². The molecule has 1 N–H and O–H groups in total. The van der Waals surface area contributed by atoms with Gasteiger partial charge in [0.05, 0.1) is 13.1 Å². The van der Waals surface area contributed by atoms with Gasteiger partial charge in [-0.2, -0.15) is 4.98 Å². The van der Waals surface area contributed by atoms with Gasteiger partial charge in [-0.15, -0.1) is 0 Å². The summed E-state index contributed by atoms with van der Waals surface area (Å²) >= 11 is 0. The van der Waals surface area contributed by atoms with Crippen LogP contribution in [0.1, 0.15) is 51.3 Å². The maximum Gasteiger partial charge on any atom is 0.410 e. The summed E-state index contributed by atoms with van der Waals surface area (Å²) < 4.78 is 10.8. The highest BCUT2D eigenvalue weighted by molar-refractivity contribution is 5.87. The number of nitrogens with one attached hydrogen (secondary N) is 1. The van der Waals surface area contributed by atoms with E-state index < -0.39 is 11.7 Å². The van der Waals surface area contributed by atoms with E-state index >= 15 is 0 Å². The fraction of sp³-hybridized carbons (Fsp3) is 0.469. The number of anilines is 1. The van der Waals surface area contributed by atoms with Crippen molar-refractivity contribution in [3.05, 3.63) is 65.5 Å². The van der Waals surface area contributed by atoms with Crippen LogP contribution in [-0.2, 0) is 27.4 Å². The summed E-state index contributed by atoms with van der Waals surface area (Å²) in [6, 6.07) is 13.6. The lowest BCUT2D eigenvalue weighted by atomic mass is 10.1. The van der Waals surface area contributed by atoms with E-state index in [1.807, 2.05) is 76.9 Å². The summed E-state index contributed by atoms with van der Waals surface area (Å²) in [5.74, 6) is -0.113. The minimum absolute atomic E-state index is 0.0408. The Morgan fingerprint density at radius 1 is 1.07 bits per heavy atom. The van der Waals surface area contributed by atoms with Crippen LogP contribution in [0, 0.1) is 6.92 Å². The fourth-order valence-electron chi connectivity index (χ4n) is 4.99. The number of amides is 3. The van der Waals surface area contributed by atoms with E-state index in [4.69, 9.17) is 9.26 Å². The minimum atomic E-state index is -0.626. The van der Waals surface area contributed by atoms with Crippen molar-refractivity contribution in [3.8, 4) is 11.5 Å². The van der Waals surface area contributed by atoms with Crippen LogP contribution in [0.3, 0.4) is 0 Å². The molecule has 3 aromatic rings. The van der Waals surface area contributed by atoms with Gasteiger partial charge in [0.1, 0.15) is 5.60 Å². The Labute approximate surface area is 258 Å². The monoisotopic (exact) mass is 605 g/mol. The molecule has 1 aliphatic heterocycles. The molecule has 44 heavy (non-hydrogen) atoms. The zero-order valence-electron chi connectivity index (χ0n) is 26.7. The molecule has 0 fully saturated rings. The third kappa shape index (κ3) is 8.34. The van der Waals surface area contributed by atoms with E-state index in [2.05, 4.69) is 27.6 Å². The Kier molecular flexibility index (Phi) is 10.3.